The van der Waals surface area contributed by atoms with Crippen LogP contribution in [0.1, 0.15) is 92.9 Å². The smallest absolute Gasteiger partial charge is 0.315 e. The summed E-state index contributed by atoms with van der Waals surface area (Å²) in [5.41, 5.74) is -1.85. The second-order valence-electron chi connectivity index (χ2n) is 16.1. The Bertz CT molecular complexity index is 1280. The van der Waals surface area contributed by atoms with Gasteiger partial charge in [-0.25, -0.2) is 4.79 Å². The van der Waals surface area contributed by atoms with Gasteiger partial charge < -0.3 is 30.9 Å². The van der Waals surface area contributed by atoms with E-state index in [9.17, 15) is 33.1 Å². The first-order chi connectivity index (χ1) is 22.9. The number of urea groups is 1. The molecule has 0 aromatic heterocycles. The maximum Gasteiger partial charge on any atom is 0.315 e. The van der Waals surface area contributed by atoms with Crippen LogP contribution >= 0.6 is 10.6 Å². The molecule has 5 amide bonds. The number of nitrogens with one attached hydrogen (secondary N) is 4. The molecule has 4 aliphatic rings. The molecule has 0 unspecified atom stereocenters. The Kier molecular flexibility index (Phi) is 12.2. The molecule has 2 heterocycles. The SMILES string of the molecule is C=CCNC(=O)C(=O)[C@H](CCCC)NC(=O)[C@@H]1[C@@H]2[C@H](CN1C(=O)[C@@H](NC(=O)NC1([C@@H]3COCCS3(O)O)CCCCC1)C(C)(C)C)C2(C)C. The molecule has 2 saturated carbocycles. The van der Waals surface area contributed by atoms with Gasteiger partial charge in [-0.3, -0.25) is 28.3 Å². The lowest BCUT2D eigenvalue weighted by Crippen LogP contribution is -2.66. The van der Waals surface area contributed by atoms with Crippen molar-refractivity contribution in [2.75, 3.05) is 32.1 Å². The summed E-state index contributed by atoms with van der Waals surface area (Å²) in [4.78, 5) is 69.6. The molecule has 0 radical (unpaired) electrons. The van der Waals surface area contributed by atoms with E-state index < -0.39 is 74.5 Å². The van der Waals surface area contributed by atoms with Crippen molar-refractivity contribution in [3.8, 4) is 0 Å². The largest absolute Gasteiger partial charge is 0.378 e. The normalized spacial score (nSPS) is 28.5. The fourth-order valence-corrected chi connectivity index (χ4v) is 10.2. The van der Waals surface area contributed by atoms with Crippen molar-refractivity contribution in [2.24, 2.45) is 22.7 Å². The van der Waals surface area contributed by atoms with Gasteiger partial charge in [-0.05, 0) is 41.9 Å². The van der Waals surface area contributed by atoms with E-state index >= 15 is 0 Å². The second kappa shape index (κ2) is 15.3. The van der Waals surface area contributed by atoms with Crippen LogP contribution in [0.5, 0.6) is 0 Å². The highest BCUT2D eigenvalue weighted by molar-refractivity contribution is 8.25. The Labute approximate surface area is 292 Å². The van der Waals surface area contributed by atoms with Crippen molar-refractivity contribution in [1.29, 1.82) is 0 Å². The molecule has 0 aromatic carbocycles. The molecular formula is C35H59N5O8S. The van der Waals surface area contributed by atoms with Gasteiger partial charge in [0.25, 0.3) is 5.91 Å². The molecule has 4 rings (SSSR count). The number of Topliss-reactive ketones (excluding diaryl/α,β-unsaturated/α-hetero) is 1. The molecule has 0 aromatic rings. The number of piperidine rings is 1. The van der Waals surface area contributed by atoms with Gasteiger partial charge in [0.15, 0.2) is 0 Å². The topological polar surface area (TPSA) is 186 Å². The van der Waals surface area contributed by atoms with E-state index in [2.05, 4.69) is 41.7 Å². The average Bonchev–Trinajstić information content (AvgIpc) is 3.33. The zero-order chi connectivity index (χ0) is 36.4. The molecule has 6 atom stereocenters. The van der Waals surface area contributed by atoms with Gasteiger partial charge in [0.1, 0.15) is 12.1 Å². The zero-order valence-electron chi connectivity index (χ0n) is 30.1. The van der Waals surface area contributed by atoms with Crippen LogP contribution in [0.4, 0.5) is 4.79 Å². The van der Waals surface area contributed by atoms with E-state index in [0.717, 1.165) is 25.7 Å². The number of ether oxygens (including phenoxy) is 1. The van der Waals surface area contributed by atoms with Crippen LogP contribution in [0.25, 0.3) is 0 Å². The Morgan fingerprint density at radius 3 is 2.35 bits per heavy atom. The third-order valence-electron chi connectivity index (χ3n) is 11.2. The highest BCUT2D eigenvalue weighted by atomic mass is 32.3. The summed E-state index contributed by atoms with van der Waals surface area (Å²) < 4.78 is 27.7. The Hall–Kier alpha value is -2.68. The number of hydrogen-bond donors (Lipinski definition) is 6. The average molecular weight is 710 g/mol. The second-order valence-corrected chi connectivity index (χ2v) is 18.5. The molecule has 13 nitrogen and oxygen atoms in total. The van der Waals surface area contributed by atoms with E-state index in [0.29, 0.717) is 25.8 Å². The van der Waals surface area contributed by atoms with Crippen molar-refractivity contribution < 1.29 is 37.8 Å². The maximum absolute atomic E-state index is 14.5. The molecule has 278 valence electrons. The van der Waals surface area contributed by atoms with Crippen molar-refractivity contribution in [3.05, 3.63) is 12.7 Å². The van der Waals surface area contributed by atoms with E-state index in [-0.39, 0.29) is 49.2 Å². The predicted octanol–water partition coefficient (Wildman–Crippen LogP) is 3.58. The number of carbonyl (C=O) groups excluding carboxylic acids is 5. The number of likely N-dealkylation sites (tertiary alicyclic amines) is 1. The van der Waals surface area contributed by atoms with Crippen LogP contribution in [-0.4, -0.2) is 105 Å². The summed E-state index contributed by atoms with van der Waals surface area (Å²) in [6.45, 7) is 16.0. The van der Waals surface area contributed by atoms with Crippen LogP contribution < -0.4 is 21.3 Å². The molecule has 49 heavy (non-hydrogen) atoms. The van der Waals surface area contributed by atoms with E-state index in [1.165, 1.54) is 11.0 Å². The standard InChI is InChI=1S/C35H59N5O8S/c1-8-10-14-23(27(41)30(43)36-17-9-2)37-29(42)26-25-22(34(25,6)7)20-40(26)31(44)28(33(3,4)5)38-32(45)39-35(15-12-11-13-16-35)24-21-48-18-19-49(24,46)47/h9,22-26,28,46-47H,2,8,10-21H2,1,3-7H3,(H,36,43)(H,37,42)(H2,38,39,45)/t22-,23-,24-,25-,26-,28+/m0/s1. The highest BCUT2D eigenvalue weighted by Crippen LogP contribution is 2.65. The van der Waals surface area contributed by atoms with Gasteiger partial charge in [-0.1, -0.05) is 79.7 Å². The van der Waals surface area contributed by atoms with E-state index in [1.54, 1.807) is 0 Å². The molecule has 2 aliphatic heterocycles. The van der Waals surface area contributed by atoms with Gasteiger partial charge in [0, 0.05) is 13.1 Å². The van der Waals surface area contributed by atoms with Gasteiger partial charge in [-0.2, -0.15) is 10.6 Å². The Balaban J connectivity index is 1.55. The molecular weight excluding hydrogens is 650 g/mol. The minimum absolute atomic E-state index is 0.0596. The van der Waals surface area contributed by atoms with E-state index in [1.807, 2.05) is 27.7 Å². The third-order valence-corrected chi connectivity index (χ3v) is 13.5. The molecule has 14 heteroatoms. The van der Waals surface area contributed by atoms with Gasteiger partial charge >= 0.3 is 6.03 Å². The summed E-state index contributed by atoms with van der Waals surface area (Å²) in [7, 11) is -3.02. The first-order valence-corrected chi connectivity index (χ1v) is 19.6. The monoisotopic (exact) mass is 709 g/mol. The number of nitrogens with zero attached hydrogens (tertiary/aromatic N) is 1. The summed E-state index contributed by atoms with van der Waals surface area (Å²) in [6, 6.07) is -3.53. The minimum Gasteiger partial charge on any atom is -0.378 e. The van der Waals surface area contributed by atoms with Crippen molar-refractivity contribution >= 4 is 40.1 Å². The van der Waals surface area contributed by atoms with Crippen LogP contribution in [0, 0.1) is 22.7 Å². The minimum atomic E-state index is -3.02. The summed E-state index contributed by atoms with van der Waals surface area (Å²) in [6.07, 6.45) is 6.86. The predicted molar refractivity (Wildman–Crippen MR) is 189 cm³/mol. The van der Waals surface area contributed by atoms with Gasteiger partial charge in [0.2, 0.25) is 17.6 Å². The van der Waals surface area contributed by atoms with Gasteiger partial charge in [-0.15, -0.1) is 6.58 Å². The number of carbonyl (C=O) groups is 5. The molecule has 2 aliphatic carbocycles. The first-order valence-electron chi connectivity index (χ1n) is 17.9. The van der Waals surface area contributed by atoms with Crippen molar-refractivity contribution in [2.45, 2.75) is 122 Å². The fraction of sp³-hybridized carbons (Fsp3) is 0.800. The quantitative estimate of drug-likeness (QED) is 0.124. The number of rotatable bonds is 13. The first kappa shape index (κ1) is 39.1. The van der Waals surface area contributed by atoms with Crippen LogP contribution in [-0.2, 0) is 23.9 Å². The molecule has 2 saturated heterocycles. The highest BCUT2D eigenvalue weighted by Gasteiger charge is 2.70. The number of unbranched alkanes of at least 4 members (excludes halogenated alkanes) is 1. The lowest BCUT2D eigenvalue weighted by atomic mass is 9.79. The summed E-state index contributed by atoms with van der Waals surface area (Å²) in [5, 5.41) is 10.7. The lowest BCUT2D eigenvalue weighted by molar-refractivity contribution is -0.145. The lowest BCUT2D eigenvalue weighted by Gasteiger charge is -2.54. The summed E-state index contributed by atoms with van der Waals surface area (Å²) in [5.74, 6) is -2.41. The Morgan fingerprint density at radius 2 is 1.76 bits per heavy atom. The molecule has 0 spiro atoms. The molecule has 6 N–H and O–H groups in total. The molecule has 0 bridgehead atoms. The molecule has 4 fully saturated rings. The van der Waals surface area contributed by atoms with Crippen LogP contribution in [0.15, 0.2) is 12.7 Å². The van der Waals surface area contributed by atoms with Crippen LogP contribution in [0.2, 0.25) is 0 Å². The fourth-order valence-electron chi connectivity index (χ4n) is 8.22. The Morgan fingerprint density at radius 1 is 1.08 bits per heavy atom. The number of fused-ring (bicyclic) bond motifs is 1. The van der Waals surface area contributed by atoms with Crippen molar-refractivity contribution in [1.82, 2.24) is 26.2 Å². The number of hydrogen-bond acceptors (Lipinski definition) is 8. The third kappa shape index (κ3) is 8.45. The van der Waals surface area contributed by atoms with E-state index in [4.69, 9.17) is 4.74 Å². The van der Waals surface area contributed by atoms with Crippen LogP contribution in [0.3, 0.4) is 0 Å². The van der Waals surface area contributed by atoms with Gasteiger partial charge in [0.05, 0.1) is 35.8 Å². The summed E-state index contributed by atoms with van der Waals surface area (Å²) >= 11 is 0. The number of amides is 5. The van der Waals surface area contributed by atoms with Crippen molar-refractivity contribution in [3.63, 3.8) is 0 Å². The maximum atomic E-state index is 14.5. The zero-order valence-corrected chi connectivity index (χ0v) is 31.0. The number of ketones is 1.